The van der Waals surface area contributed by atoms with Crippen molar-refractivity contribution in [2.75, 3.05) is 5.32 Å². The molecule has 30 heavy (non-hydrogen) atoms. The van der Waals surface area contributed by atoms with Crippen molar-refractivity contribution in [1.29, 1.82) is 0 Å². The van der Waals surface area contributed by atoms with Crippen molar-refractivity contribution < 1.29 is 19.2 Å². The summed E-state index contributed by atoms with van der Waals surface area (Å²) in [6.07, 6.45) is 1.00. The SMILES string of the molecule is CCC(=O)CCC(C(C)=O)N1Cc2cc(NC(=O)c3ccc(Cl)cc3)ccc2C1=O. The van der Waals surface area contributed by atoms with Gasteiger partial charge >= 0.3 is 0 Å². The van der Waals surface area contributed by atoms with E-state index in [4.69, 9.17) is 11.6 Å². The van der Waals surface area contributed by atoms with Crippen LogP contribution in [0.3, 0.4) is 0 Å². The summed E-state index contributed by atoms with van der Waals surface area (Å²) in [5.74, 6) is -0.592. The van der Waals surface area contributed by atoms with Gasteiger partial charge in [-0.1, -0.05) is 18.5 Å². The number of rotatable bonds is 8. The number of amides is 2. The average Bonchev–Trinajstić information content (AvgIpc) is 3.03. The van der Waals surface area contributed by atoms with Gasteiger partial charge in [-0.2, -0.15) is 0 Å². The van der Waals surface area contributed by atoms with Crippen molar-refractivity contribution >= 4 is 40.7 Å². The van der Waals surface area contributed by atoms with Gasteiger partial charge in [-0.05, 0) is 61.4 Å². The first kappa shape index (κ1) is 21.7. The van der Waals surface area contributed by atoms with Gasteiger partial charge in [0.2, 0.25) is 0 Å². The molecule has 0 radical (unpaired) electrons. The van der Waals surface area contributed by atoms with E-state index >= 15 is 0 Å². The molecule has 0 aromatic heterocycles. The van der Waals surface area contributed by atoms with Gasteiger partial charge in [-0.15, -0.1) is 0 Å². The number of Topliss-reactive ketones (excluding diaryl/α,β-unsaturated/α-hetero) is 2. The predicted molar refractivity (Wildman–Crippen MR) is 115 cm³/mol. The van der Waals surface area contributed by atoms with Crippen molar-refractivity contribution in [2.45, 2.75) is 45.7 Å². The Labute approximate surface area is 180 Å². The third-order valence-corrected chi connectivity index (χ3v) is 5.49. The van der Waals surface area contributed by atoms with Crippen molar-refractivity contribution in [3.8, 4) is 0 Å². The van der Waals surface area contributed by atoms with Crippen LogP contribution in [-0.2, 0) is 16.1 Å². The van der Waals surface area contributed by atoms with E-state index in [0.717, 1.165) is 5.56 Å². The summed E-state index contributed by atoms with van der Waals surface area (Å²) in [6.45, 7) is 3.49. The maximum Gasteiger partial charge on any atom is 0.255 e. The van der Waals surface area contributed by atoms with Crippen LogP contribution >= 0.6 is 11.6 Å². The number of nitrogens with one attached hydrogen (secondary N) is 1. The molecule has 1 N–H and O–H groups in total. The van der Waals surface area contributed by atoms with Crippen molar-refractivity contribution in [3.05, 3.63) is 64.2 Å². The third kappa shape index (κ3) is 4.76. The maximum absolute atomic E-state index is 12.8. The van der Waals surface area contributed by atoms with Crippen LogP contribution in [0.1, 0.15) is 59.4 Å². The molecular formula is C23H23ClN2O4. The Morgan fingerprint density at radius 3 is 2.47 bits per heavy atom. The highest BCUT2D eigenvalue weighted by atomic mass is 35.5. The number of anilines is 1. The Balaban J connectivity index is 1.74. The Bertz CT molecular complexity index is 1000. The molecule has 3 rings (SSSR count). The Morgan fingerprint density at radius 2 is 1.83 bits per heavy atom. The third-order valence-electron chi connectivity index (χ3n) is 5.24. The molecule has 0 aliphatic carbocycles. The second-order valence-corrected chi connectivity index (χ2v) is 7.76. The lowest BCUT2D eigenvalue weighted by Gasteiger charge is -2.25. The number of benzene rings is 2. The largest absolute Gasteiger partial charge is 0.324 e. The van der Waals surface area contributed by atoms with Gasteiger partial charge in [0, 0.05) is 41.2 Å². The number of fused-ring (bicyclic) bond motifs is 1. The number of carbonyl (C=O) groups is 4. The number of halogens is 1. The zero-order valence-corrected chi connectivity index (χ0v) is 17.7. The Kier molecular flexibility index (Phi) is 6.67. The summed E-state index contributed by atoms with van der Waals surface area (Å²) in [6, 6.07) is 11.0. The minimum Gasteiger partial charge on any atom is -0.324 e. The van der Waals surface area contributed by atoms with E-state index in [-0.39, 0.29) is 36.3 Å². The molecule has 0 saturated carbocycles. The van der Waals surface area contributed by atoms with Gasteiger partial charge in [0.05, 0.1) is 6.04 Å². The second kappa shape index (κ2) is 9.22. The molecule has 1 unspecified atom stereocenters. The lowest BCUT2D eigenvalue weighted by Crippen LogP contribution is -2.40. The highest BCUT2D eigenvalue weighted by Crippen LogP contribution is 2.29. The Hall–Kier alpha value is -2.99. The predicted octanol–water partition coefficient (Wildman–Crippen LogP) is 4.27. The molecule has 1 aliphatic heterocycles. The van der Waals surface area contributed by atoms with Crippen LogP contribution in [0, 0.1) is 0 Å². The first-order valence-corrected chi connectivity index (χ1v) is 10.2. The molecule has 1 heterocycles. The van der Waals surface area contributed by atoms with Crippen molar-refractivity contribution in [1.82, 2.24) is 4.90 Å². The molecule has 7 heteroatoms. The van der Waals surface area contributed by atoms with E-state index in [0.29, 0.717) is 34.7 Å². The molecule has 0 fully saturated rings. The number of hydrogen-bond acceptors (Lipinski definition) is 4. The van der Waals surface area contributed by atoms with Crippen LogP contribution in [0.5, 0.6) is 0 Å². The van der Waals surface area contributed by atoms with E-state index in [9.17, 15) is 19.2 Å². The van der Waals surface area contributed by atoms with Crippen LogP contribution in [0.25, 0.3) is 0 Å². The number of ketones is 2. The molecule has 0 bridgehead atoms. The molecule has 2 aromatic carbocycles. The summed E-state index contributed by atoms with van der Waals surface area (Å²) in [5.41, 5.74) is 2.27. The van der Waals surface area contributed by atoms with Gasteiger partial charge in [0.25, 0.3) is 11.8 Å². The van der Waals surface area contributed by atoms with Gasteiger partial charge in [0.1, 0.15) is 5.78 Å². The van der Waals surface area contributed by atoms with Crippen LogP contribution in [0.2, 0.25) is 5.02 Å². The summed E-state index contributed by atoms with van der Waals surface area (Å²) in [5, 5.41) is 3.36. The second-order valence-electron chi connectivity index (χ2n) is 7.32. The van der Waals surface area contributed by atoms with Gasteiger partial charge < -0.3 is 10.2 Å². The lowest BCUT2D eigenvalue weighted by atomic mass is 10.0. The summed E-state index contributed by atoms with van der Waals surface area (Å²) < 4.78 is 0. The highest BCUT2D eigenvalue weighted by molar-refractivity contribution is 6.30. The normalized spacial score (nSPS) is 13.7. The molecule has 0 saturated heterocycles. The molecule has 6 nitrogen and oxygen atoms in total. The minimum absolute atomic E-state index is 0.0672. The fraction of sp³-hybridized carbons (Fsp3) is 0.304. The highest BCUT2D eigenvalue weighted by Gasteiger charge is 2.35. The monoisotopic (exact) mass is 426 g/mol. The van der Waals surface area contributed by atoms with Crippen LogP contribution < -0.4 is 5.32 Å². The average molecular weight is 427 g/mol. The zero-order chi connectivity index (χ0) is 21.8. The molecule has 2 aromatic rings. The van der Waals surface area contributed by atoms with Gasteiger partial charge in [0.15, 0.2) is 5.78 Å². The lowest BCUT2D eigenvalue weighted by molar-refractivity contribution is -0.122. The number of hydrogen-bond donors (Lipinski definition) is 1. The van der Waals surface area contributed by atoms with E-state index < -0.39 is 6.04 Å². The standard InChI is InChI=1S/C23H23ClN2O4/c1-3-19(28)9-11-21(14(2)27)26-13-16-12-18(8-10-20(16)23(26)30)25-22(29)15-4-6-17(24)7-5-15/h4-8,10,12,21H,3,9,11,13H2,1-2H3,(H,25,29). The first-order chi connectivity index (χ1) is 14.3. The summed E-state index contributed by atoms with van der Waals surface area (Å²) >= 11 is 5.85. The van der Waals surface area contributed by atoms with Crippen molar-refractivity contribution in [2.24, 2.45) is 0 Å². The molecular weight excluding hydrogens is 404 g/mol. The van der Waals surface area contributed by atoms with E-state index in [1.807, 2.05) is 0 Å². The van der Waals surface area contributed by atoms with Crippen LogP contribution in [0.4, 0.5) is 5.69 Å². The first-order valence-electron chi connectivity index (χ1n) is 9.83. The topological polar surface area (TPSA) is 83.6 Å². The zero-order valence-electron chi connectivity index (χ0n) is 16.9. The molecule has 156 valence electrons. The minimum atomic E-state index is -0.632. The number of nitrogens with zero attached hydrogens (tertiary/aromatic N) is 1. The van der Waals surface area contributed by atoms with Crippen LogP contribution in [-0.4, -0.2) is 34.3 Å². The molecule has 2 amide bonds. The summed E-state index contributed by atoms with van der Waals surface area (Å²) in [4.78, 5) is 50.6. The van der Waals surface area contributed by atoms with Crippen LogP contribution in [0.15, 0.2) is 42.5 Å². The molecule has 1 aliphatic rings. The van der Waals surface area contributed by atoms with E-state index in [1.165, 1.54) is 11.8 Å². The summed E-state index contributed by atoms with van der Waals surface area (Å²) in [7, 11) is 0. The quantitative estimate of drug-likeness (QED) is 0.683. The molecule has 1 atom stereocenters. The smallest absolute Gasteiger partial charge is 0.255 e. The Morgan fingerprint density at radius 1 is 1.13 bits per heavy atom. The van der Waals surface area contributed by atoms with E-state index in [1.54, 1.807) is 49.4 Å². The fourth-order valence-electron chi connectivity index (χ4n) is 3.53. The van der Waals surface area contributed by atoms with Gasteiger partial charge in [-0.3, -0.25) is 19.2 Å². The fourth-order valence-corrected chi connectivity index (χ4v) is 3.66. The van der Waals surface area contributed by atoms with Gasteiger partial charge in [-0.25, -0.2) is 0 Å². The van der Waals surface area contributed by atoms with E-state index in [2.05, 4.69) is 5.32 Å². The number of carbonyl (C=O) groups excluding carboxylic acids is 4. The maximum atomic E-state index is 12.8. The molecule has 0 spiro atoms. The van der Waals surface area contributed by atoms with Crippen molar-refractivity contribution in [3.63, 3.8) is 0 Å².